The molecule has 9 heteroatoms. The standard InChI is InChI=1S/C17H16ClFN2O4S/c18-15-6-1-12(17(22)23)11-16(15)26(24,25)21-9-7-20(8-10-21)14-4-2-13(19)3-5-14/h1-6,11H,7-10H2,(H,22,23). The zero-order valence-electron chi connectivity index (χ0n) is 13.6. The van der Waals surface area contributed by atoms with E-state index in [0.29, 0.717) is 13.1 Å². The van der Waals surface area contributed by atoms with Gasteiger partial charge in [0.1, 0.15) is 10.7 Å². The third kappa shape index (κ3) is 3.67. The molecule has 2 aromatic rings. The van der Waals surface area contributed by atoms with Gasteiger partial charge in [0.2, 0.25) is 10.0 Å². The monoisotopic (exact) mass is 398 g/mol. The number of halogens is 2. The van der Waals surface area contributed by atoms with Crippen LogP contribution in [0, 0.1) is 5.82 Å². The molecular weight excluding hydrogens is 383 g/mol. The first-order valence-corrected chi connectivity index (χ1v) is 9.64. The normalized spacial score (nSPS) is 15.8. The Bertz CT molecular complexity index is 926. The number of anilines is 1. The highest BCUT2D eigenvalue weighted by molar-refractivity contribution is 7.89. The van der Waals surface area contributed by atoms with Crippen molar-refractivity contribution in [3.63, 3.8) is 0 Å². The van der Waals surface area contributed by atoms with Crippen molar-refractivity contribution >= 4 is 33.3 Å². The highest BCUT2D eigenvalue weighted by Crippen LogP contribution is 2.27. The maximum Gasteiger partial charge on any atom is 0.335 e. The molecule has 1 N–H and O–H groups in total. The van der Waals surface area contributed by atoms with Crippen molar-refractivity contribution in [2.24, 2.45) is 0 Å². The van der Waals surface area contributed by atoms with Gasteiger partial charge in [-0.05, 0) is 42.5 Å². The lowest BCUT2D eigenvalue weighted by molar-refractivity contribution is 0.0696. The van der Waals surface area contributed by atoms with Crippen molar-refractivity contribution < 1.29 is 22.7 Å². The van der Waals surface area contributed by atoms with E-state index in [1.54, 1.807) is 12.1 Å². The lowest BCUT2D eigenvalue weighted by Gasteiger charge is -2.35. The van der Waals surface area contributed by atoms with Crippen LogP contribution in [0.4, 0.5) is 10.1 Å². The van der Waals surface area contributed by atoms with Crippen LogP contribution in [0.25, 0.3) is 0 Å². The summed E-state index contributed by atoms with van der Waals surface area (Å²) in [5, 5.41) is 9.05. The number of benzene rings is 2. The van der Waals surface area contributed by atoms with E-state index in [1.807, 2.05) is 4.90 Å². The van der Waals surface area contributed by atoms with Crippen LogP contribution in [0.5, 0.6) is 0 Å². The third-order valence-corrected chi connectivity index (χ3v) is 6.61. The predicted octanol–water partition coefficient (Wildman–Crippen LogP) is 2.69. The molecule has 1 fully saturated rings. The molecule has 0 aromatic heterocycles. The Morgan fingerprint density at radius 1 is 1.04 bits per heavy atom. The minimum Gasteiger partial charge on any atom is -0.478 e. The molecule has 138 valence electrons. The van der Waals surface area contributed by atoms with Crippen LogP contribution in [-0.4, -0.2) is 50.0 Å². The summed E-state index contributed by atoms with van der Waals surface area (Å²) in [6.45, 7) is 1.29. The summed E-state index contributed by atoms with van der Waals surface area (Å²) in [6.07, 6.45) is 0. The quantitative estimate of drug-likeness (QED) is 0.856. The molecule has 2 aromatic carbocycles. The Balaban J connectivity index is 1.79. The Morgan fingerprint density at radius 3 is 2.23 bits per heavy atom. The summed E-state index contributed by atoms with van der Waals surface area (Å²) >= 11 is 6.00. The van der Waals surface area contributed by atoms with Crippen molar-refractivity contribution in [3.05, 3.63) is 58.9 Å². The second-order valence-corrected chi connectivity index (χ2v) is 8.13. The molecule has 0 bridgehead atoms. The molecule has 0 radical (unpaired) electrons. The van der Waals surface area contributed by atoms with Gasteiger partial charge in [-0.2, -0.15) is 4.31 Å². The van der Waals surface area contributed by atoms with Crippen LogP contribution in [0.1, 0.15) is 10.4 Å². The Labute approximate surface area is 155 Å². The first-order chi connectivity index (χ1) is 12.3. The van der Waals surface area contributed by atoms with Crippen LogP contribution in [0.3, 0.4) is 0 Å². The zero-order valence-corrected chi connectivity index (χ0v) is 15.2. The number of rotatable bonds is 4. The molecule has 1 aliphatic rings. The van der Waals surface area contributed by atoms with Gasteiger partial charge in [0.05, 0.1) is 10.6 Å². The van der Waals surface area contributed by atoms with E-state index >= 15 is 0 Å². The number of aromatic carboxylic acids is 1. The maximum atomic E-state index is 13.0. The van der Waals surface area contributed by atoms with E-state index in [4.69, 9.17) is 16.7 Å². The van der Waals surface area contributed by atoms with Gasteiger partial charge >= 0.3 is 5.97 Å². The molecule has 0 aliphatic carbocycles. The van der Waals surface area contributed by atoms with Gasteiger partial charge in [-0.3, -0.25) is 0 Å². The number of sulfonamides is 1. The number of carbonyl (C=O) groups is 1. The SMILES string of the molecule is O=C(O)c1ccc(Cl)c(S(=O)(=O)N2CCN(c3ccc(F)cc3)CC2)c1. The van der Waals surface area contributed by atoms with Gasteiger partial charge in [0.15, 0.2) is 0 Å². The number of carboxylic acid groups (broad SMARTS) is 1. The lowest BCUT2D eigenvalue weighted by atomic mass is 10.2. The molecule has 6 nitrogen and oxygen atoms in total. The summed E-state index contributed by atoms with van der Waals surface area (Å²) in [7, 11) is -3.91. The summed E-state index contributed by atoms with van der Waals surface area (Å²) in [4.78, 5) is 12.9. The van der Waals surface area contributed by atoms with Crippen LogP contribution in [0.15, 0.2) is 47.4 Å². The minimum absolute atomic E-state index is 0.0176. The fourth-order valence-electron chi connectivity index (χ4n) is 2.81. The molecule has 3 rings (SSSR count). The molecule has 26 heavy (non-hydrogen) atoms. The topological polar surface area (TPSA) is 77.9 Å². The van der Waals surface area contributed by atoms with Gasteiger partial charge in [0.25, 0.3) is 0 Å². The number of carboxylic acids is 1. The molecular formula is C17H16ClFN2O4S. The summed E-state index contributed by atoms with van der Waals surface area (Å²) in [5.41, 5.74) is 0.673. The van der Waals surface area contributed by atoms with Crippen molar-refractivity contribution in [2.45, 2.75) is 4.90 Å². The number of hydrogen-bond acceptors (Lipinski definition) is 4. The molecule has 0 unspecified atom stereocenters. The van der Waals surface area contributed by atoms with E-state index in [1.165, 1.54) is 28.6 Å². The number of hydrogen-bond donors (Lipinski definition) is 1. The highest BCUT2D eigenvalue weighted by Gasteiger charge is 2.30. The molecule has 1 heterocycles. The van der Waals surface area contributed by atoms with Crippen LogP contribution in [-0.2, 0) is 10.0 Å². The van der Waals surface area contributed by atoms with Crippen molar-refractivity contribution in [2.75, 3.05) is 31.1 Å². The van der Waals surface area contributed by atoms with Gasteiger partial charge in [-0.1, -0.05) is 11.6 Å². The second kappa shape index (κ2) is 7.22. The summed E-state index contributed by atoms with van der Waals surface area (Å²) < 4.78 is 40.0. The molecule has 0 saturated carbocycles. The Hall–Kier alpha value is -2.16. The molecule has 0 spiro atoms. The fraction of sp³-hybridized carbons (Fsp3) is 0.235. The van der Waals surface area contributed by atoms with Crippen molar-refractivity contribution in [1.82, 2.24) is 4.31 Å². The molecule has 1 saturated heterocycles. The number of nitrogens with zero attached hydrogens (tertiary/aromatic N) is 2. The maximum absolute atomic E-state index is 13.0. The first kappa shape index (κ1) is 18.6. The van der Waals surface area contributed by atoms with Gasteiger partial charge in [-0.25, -0.2) is 17.6 Å². The smallest absolute Gasteiger partial charge is 0.335 e. The van der Waals surface area contributed by atoms with E-state index in [-0.39, 0.29) is 34.4 Å². The zero-order chi connectivity index (χ0) is 18.9. The van der Waals surface area contributed by atoms with Crippen LogP contribution >= 0.6 is 11.6 Å². The van der Waals surface area contributed by atoms with Gasteiger partial charge in [-0.15, -0.1) is 0 Å². The van der Waals surface area contributed by atoms with E-state index in [9.17, 15) is 17.6 Å². The molecule has 0 atom stereocenters. The Morgan fingerprint density at radius 2 is 1.65 bits per heavy atom. The third-order valence-electron chi connectivity index (χ3n) is 4.23. The van der Waals surface area contributed by atoms with Crippen molar-refractivity contribution in [3.8, 4) is 0 Å². The average molecular weight is 399 g/mol. The summed E-state index contributed by atoms with van der Waals surface area (Å²) in [5.74, 6) is -1.55. The van der Waals surface area contributed by atoms with Crippen LogP contribution in [0.2, 0.25) is 5.02 Å². The average Bonchev–Trinajstić information content (AvgIpc) is 2.62. The van der Waals surface area contributed by atoms with E-state index < -0.39 is 16.0 Å². The Kier molecular flexibility index (Phi) is 5.17. The highest BCUT2D eigenvalue weighted by atomic mass is 35.5. The first-order valence-electron chi connectivity index (χ1n) is 7.82. The summed E-state index contributed by atoms with van der Waals surface area (Å²) in [6, 6.07) is 9.61. The van der Waals surface area contributed by atoms with Crippen molar-refractivity contribution in [1.29, 1.82) is 0 Å². The minimum atomic E-state index is -3.91. The van der Waals surface area contributed by atoms with E-state index in [2.05, 4.69) is 0 Å². The van der Waals surface area contributed by atoms with Gasteiger partial charge in [0, 0.05) is 31.9 Å². The largest absolute Gasteiger partial charge is 0.478 e. The lowest BCUT2D eigenvalue weighted by Crippen LogP contribution is -2.48. The fourth-order valence-corrected chi connectivity index (χ4v) is 4.73. The van der Waals surface area contributed by atoms with E-state index in [0.717, 1.165) is 11.8 Å². The van der Waals surface area contributed by atoms with Crippen LogP contribution < -0.4 is 4.90 Å². The second-order valence-electron chi connectivity index (χ2n) is 5.82. The molecule has 0 amide bonds. The predicted molar refractivity (Wildman–Crippen MR) is 95.8 cm³/mol. The molecule has 1 aliphatic heterocycles. The van der Waals surface area contributed by atoms with Gasteiger partial charge < -0.3 is 10.0 Å². The number of piperazine rings is 1.